The molecule has 22 heavy (non-hydrogen) atoms. The molecule has 0 aliphatic heterocycles. The van der Waals surface area contributed by atoms with E-state index < -0.39 is 0 Å². The molecular formula is C17H26N2O2S. The van der Waals surface area contributed by atoms with E-state index in [2.05, 4.69) is 31.2 Å². The van der Waals surface area contributed by atoms with Gasteiger partial charge in [0.15, 0.2) is 0 Å². The van der Waals surface area contributed by atoms with Crippen LogP contribution in [0.2, 0.25) is 0 Å². The molecule has 0 fully saturated rings. The third kappa shape index (κ3) is 6.10. The lowest BCUT2D eigenvalue weighted by Crippen LogP contribution is -2.41. The Balaban J connectivity index is 2.35. The van der Waals surface area contributed by atoms with Crippen molar-refractivity contribution in [2.45, 2.75) is 32.1 Å². The summed E-state index contributed by atoms with van der Waals surface area (Å²) < 4.78 is 0. The van der Waals surface area contributed by atoms with Gasteiger partial charge >= 0.3 is 0 Å². The van der Waals surface area contributed by atoms with Gasteiger partial charge in [-0.2, -0.15) is 0 Å². The van der Waals surface area contributed by atoms with Crippen LogP contribution in [-0.4, -0.2) is 54.0 Å². The Kier molecular flexibility index (Phi) is 8.02. The first-order valence-electron chi connectivity index (χ1n) is 7.69. The second-order valence-electron chi connectivity index (χ2n) is 5.23. The van der Waals surface area contributed by atoms with Crippen LogP contribution in [0.3, 0.4) is 0 Å². The van der Waals surface area contributed by atoms with Gasteiger partial charge in [-0.25, -0.2) is 0 Å². The normalized spacial score (nSPS) is 10.4. The maximum absolute atomic E-state index is 12.1. The number of aryl methyl sites for hydroxylation is 1. The molecule has 0 radical (unpaired) electrons. The Labute approximate surface area is 137 Å². The molecule has 1 aromatic carbocycles. The van der Waals surface area contributed by atoms with Gasteiger partial charge in [0, 0.05) is 37.2 Å². The molecule has 0 saturated carbocycles. The zero-order chi connectivity index (χ0) is 16.5. The van der Waals surface area contributed by atoms with E-state index in [1.807, 2.05) is 13.8 Å². The average molecular weight is 322 g/mol. The number of amides is 2. The first kappa shape index (κ1) is 18.6. The Morgan fingerprint density at radius 1 is 1.05 bits per heavy atom. The number of hydrogen-bond acceptors (Lipinski definition) is 3. The smallest absolute Gasteiger partial charge is 0.242 e. The molecule has 4 nitrogen and oxygen atoms in total. The molecule has 0 unspecified atom stereocenters. The number of hydrogen-bond donors (Lipinski definition) is 0. The van der Waals surface area contributed by atoms with E-state index in [9.17, 15) is 9.59 Å². The number of benzene rings is 1. The third-order valence-electron chi connectivity index (χ3n) is 3.52. The van der Waals surface area contributed by atoms with Crippen molar-refractivity contribution in [2.75, 3.05) is 32.4 Å². The number of rotatable bonds is 8. The predicted octanol–water partition coefficient (Wildman–Crippen LogP) is 2.80. The average Bonchev–Trinajstić information content (AvgIpc) is 2.50. The fraction of sp³-hybridized carbons (Fsp3) is 0.529. The van der Waals surface area contributed by atoms with Crippen LogP contribution in [0.25, 0.3) is 0 Å². The van der Waals surface area contributed by atoms with Crippen LogP contribution < -0.4 is 0 Å². The van der Waals surface area contributed by atoms with Crippen molar-refractivity contribution in [1.82, 2.24) is 9.80 Å². The highest BCUT2D eigenvalue weighted by Crippen LogP contribution is 2.19. The molecule has 2 amide bonds. The fourth-order valence-electron chi connectivity index (χ4n) is 2.05. The first-order chi connectivity index (χ1) is 10.5. The molecule has 1 rings (SSSR count). The first-order valence-corrected chi connectivity index (χ1v) is 8.67. The van der Waals surface area contributed by atoms with E-state index in [1.165, 1.54) is 15.4 Å². The number of carbonyl (C=O) groups excluding carboxylic acids is 2. The molecule has 0 atom stereocenters. The molecule has 0 aromatic heterocycles. The molecule has 0 N–H and O–H groups in total. The molecule has 0 aliphatic carbocycles. The summed E-state index contributed by atoms with van der Waals surface area (Å²) in [5.41, 5.74) is 1.23. The van der Waals surface area contributed by atoms with Crippen LogP contribution >= 0.6 is 11.8 Å². The minimum Gasteiger partial charge on any atom is -0.342 e. The van der Waals surface area contributed by atoms with E-state index in [-0.39, 0.29) is 18.4 Å². The minimum absolute atomic E-state index is 0.00652. The number of thioether (sulfide) groups is 1. The van der Waals surface area contributed by atoms with Crippen molar-refractivity contribution >= 4 is 23.6 Å². The molecule has 0 heterocycles. The van der Waals surface area contributed by atoms with Crippen molar-refractivity contribution in [2.24, 2.45) is 0 Å². The summed E-state index contributed by atoms with van der Waals surface area (Å²) in [5.74, 6) is 0.748. The summed E-state index contributed by atoms with van der Waals surface area (Å²) in [4.78, 5) is 28.5. The second-order valence-corrected chi connectivity index (χ2v) is 6.40. The molecule has 5 heteroatoms. The van der Waals surface area contributed by atoms with Crippen molar-refractivity contribution in [3.8, 4) is 0 Å². The lowest BCUT2D eigenvalue weighted by atomic mass is 10.2. The maximum Gasteiger partial charge on any atom is 0.242 e. The maximum atomic E-state index is 12.1. The molecule has 0 bridgehead atoms. The lowest BCUT2D eigenvalue weighted by molar-refractivity contribution is -0.138. The molecule has 0 saturated heterocycles. The van der Waals surface area contributed by atoms with Crippen LogP contribution in [0, 0.1) is 6.92 Å². The Hall–Kier alpha value is -1.49. The van der Waals surface area contributed by atoms with Gasteiger partial charge in [-0.3, -0.25) is 9.59 Å². The minimum atomic E-state index is 0.00652. The van der Waals surface area contributed by atoms with Crippen molar-refractivity contribution in [1.29, 1.82) is 0 Å². The van der Waals surface area contributed by atoms with E-state index in [0.717, 1.165) is 5.75 Å². The van der Waals surface area contributed by atoms with E-state index in [1.54, 1.807) is 23.7 Å². The second kappa shape index (κ2) is 9.51. The van der Waals surface area contributed by atoms with Crippen molar-refractivity contribution < 1.29 is 9.59 Å². The zero-order valence-corrected chi connectivity index (χ0v) is 14.8. The van der Waals surface area contributed by atoms with Gasteiger partial charge in [0.25, 0.3) is 0 Å². The van der Waals surface area contributed by atoms with E-state index in [4.69, 9.17) is 0 Å². The molecule has 122 valence electrons. The highest BCUT2D eigenvalue weighted by molar-refractivity contribution is 7.99. The van der Waals surface area contributed by atoms with Gasteiger partial charge in [-0.15, -0.1) is 11.8 Å². The summed E-state index contributed by atoms with van der Waals surface area (Å²) in [7, 11) is 1.69. The topological polar surface area (TPSA) is 40.6 Å². The van der Waals surface area contributed by atoms with Gasteiger partial charge < -0.3 is 9.80 Å². The molecular weight excluding hydrogens is 296 g/mol. The third-order valence-corrected chi connectivity index (χ3v) is 4.53. The summed E-state index contributed by atoms with van der Waals surface area (Å²) in [6.07, 6.45) is 0.445. The Bertz CT molecular complexity index is 484. The van der Waals surface area contributed by atoms with Crippen molar-refractivity contribution in [3.05, 3.63) is 29.8 Å². The van der Waals surface area contributed by atoms with Crippen LogP contribution in [0.4, 0.5) is 0 Å². The van der Waals surface area contributed by atoms with E-state index in [0.29, 0.717) is 19.5 Å². The lowest BCUT2D eigenvalue weighted by Gasteiger charge is -2.23. The highest BCUT2D eigenvalue weighted by atomic mass is 32.2. The summed E-state index contributed by atoms with van der Waals surface area (Å²) in [5, 5.41) is 0. The van der Waals surface area contributed by atoms with Crippen LogP contribution in [0.1, 0.15) is 25.8 Å². The van der Waals surface area contributed by atoms with Gasteiger partial charge in [0.05, 0.1) is 6.54 Å². The monoisotopic (exact) mass is 322 g/mol. The number of nitrogens with zero attached hydrogens (tertiary/aromatic N) is 2. The Morgan fingerprint density at radius 3 is 2.18 bits per heavy atom. The van der Waals surface area contributed by atoms with Crippen LogP contribution in [0.15, 0.2) is 29.2 Å². The zero-order valence-electron chi connectivity index (χ0n) is 14.0. The van der Waals surface area contributed by atoms with Gasteiger partial charge in [0.1, 0.15) is 0 Å². The van der Waals surface area contributed by atoms with Gasteiger partial charge in [-0.1, -0.05) is 17.7 Å². The predicted molar refractivity (Wildman–Crippen MR) is 92.1 cm³/mol. The molecule has 1 aromatic rings. The van der Waals surface area contributed by atoms with Crippen molar-refractivity contribution in [3.63, 3.8) is 0 Å². The summed E-state index contributed by atoms with van der Waals surface area (Å²) in [6.45, 7) is 7.47. The largest absolute Gasteiger partial charge is 0.342 e. The van der Waals surface area contributed by atoms with E-state index >= 15 is 0 Å². The number of likely N-dealkylation sites (N-methyl/N-ethyl adjacent to an activating group) is 2. The number of carbonyl (C=O) groups is 2. The summed E-state index contributed by atoms with van der Waals surface area (Å²) >= 11 is 1.67. The Morgan fingerprint density at radius 2 is 1.64 bits per heavy atom. The molecule has 0 aliphatic rings. The highest BCUT2D eigenvalue weighted by Gasteiger charge is 2.16. The fourth-order valence-corrected chi connectivity index (χ4v) is 2.89. The standard InChI is InChI=1S/C17H26N2O2S/c1-5-19(6-2)17(21)13-18(4)16(20)11-12-22-15-9-7-14(3)8-10-15/h7-10H,5-6,11-13H2,1-4H3. The summed E-state index contributed by atoms with van der Waals surface area (Å²) in [6, 6.07) is 8.27. The van der Waals surface area contributed by atoms with Crippen LogP contribution in [0.5, 0.6) is 0 Å². The van der Waals surface area contributed by atoms with Gasteiger partial charge in [-0.05, 0) is 32.9 Å². The quantitative estimate of drug-likeness (QED) is 0.691. The van der Waals surface area contributed by atoms with Gasteiger partial charge in [0.2, 0.25) is 11.8 Å². The van der Waals surface area contributed by atoms with Crippen LogP contribution in [-0.2, 0) is 9.59 Å². The SMILES string of the molecule is CCN(CC)C(=O)CN(C)C(=O)CCSc1ccc(C)cc1. The molecule has 0 spiro atoms.